The molecule has 0 aliphatic carbocycles. The van der Waals surface area contributed by atoms with Crippen molar-refractivity contribution in [1.29, 1.82) is 0 Å². The van der Waals surface area contributed by atoms with Crippen molar-refractivity contribution in [2.75, 3.05) is 24.5 Å². The largest absolute Gasteiger partial charge is 0.352 e. The third-order valence-corrected chi connectivity index (χ3v) is 3.35. The van der Waals surface area contributed by atoms with Crippen LogP contribution in [0, 0.1) is 5.92 Å². The van der Waals surface area contributed by atoms with Gasteiger partial charge < -0.3 is 10.2 Å². The van der Waals surface area contributed by atoms with E-state index in [1.807, 2.05) is 6.20 Å². The Morgan fingerprint density at radius 2 is 2.21 bits per heavy atom. The first kappa shape index (κ1) is 14.1. The van der Waals surface area contributed by atoms with E-state index in [1.165, 1.54) is 11.1 Å². The van der Waals surface area contributed by atoms with Crippen molar-refractivity contribution >= 4 is 5.82 Å². The van der Waals surface area contributed by atoms with Crippen LogP contribution in [0.15, 0.2) is 30.0 Å². The van der Waals surface area contributed by atoms with Gasteiger partial charge in [0.25, 0.3) is 0 Å². The number of aromatic nitrogens is 1. The summed E-state index contributed by atoms with van der Waals surface area (Å²) >= 11 is 0. The number of anilines is 1. The van der Waals surface area contributed by atoms with Gasteiger partial charge in [-0.1, -0.05) is 31.6 Å². The minimum Gasteiger partial charge on any atom is -0.352 e. The molecule has 0 radical (unpaired) electrons. The predicted octanol–water partition coefficient (Wildman–Crippen LogP) is 2.98. The molecule has 1 aliphatic rings. The summed E-state index contributed by atoms with van der Waals surface area (Å²) in [6.07, 6.45) is 5.45. The van der Waals surface area contributed by atoms with Crippen molar-refractivity contribution in [3.63, 3.8) is 0 Å². The van der Waals surface area contributed by atoms with Gasteiger partial charge in [-0.2, -0.15) is 0 Å². The molecule has 0 saturated carbocycles. The van der Waals surface area contributed by atoms with Crippen molar-refractivity contribution in [2.45, 2.75) is 33.7 Å². The molecule has 0 unspecified atom stereocenters. The number of nitrogens with zero attached hydrogens (tertiary/aromatic N) is 2. The quantitative estimate of drug-likeness (QED) is 0.824. The van der Waals surface area contributed by atoms with Crippen LogP contribution in [0.4, 0.5) is 5.82 Å². The summed E-state index contributed by atoms with van der Waals surface area (Å²) in [6.45, 7) is 10.7. The zero-order valence-corrected chi connectivity index (χ0v) is 12.3. The second kappa shape index (κ2) is 6.71. The van der Waals surface area contributed by atoms with Crippen molar-refractivity contribution in [3.05, 3.63) is 35.5 Å². The highest BCUT2D eigenvalue weighted by molar-refractivity contribution is 5.42. The van der Waals surface area contributed by atoms with Gasteiger partial charge in [-0.05, 0) is 37.4 Å². The summed E-state index contributed by atoms with van der Waals surface area (Å²) in [5, 5.41) is 3.44. The molecule has 0 atom stereocenters. The minimum atomic E-state index is 0.690. The second-order valence-electron chi connectivity index (χ2n) is 5.81. The molecule has 2 heterocycles. The van der Waals surface area contributed by atoms with Gasteiger partial charge >= 0.3 is 0 Å². The second-order valence-corrected chi connectivity index (χ2v) is 5.81. The summed E-state index contributed by atoms with van der Waals surface area (Å²) < 4.78 is 0. The smallest absolute Gasteiger partial charge is 0.128 e. The fourth-order valence-corrected chi connectivity index (χ4v) is 2.32. The van der Waals surface area contributed by atoms with Crippen LogP contribution in [0.1, 0.15) is 32.8 Å². The van der Waals surface area contributed by atoms with Crippen LogP contribution in [0.3, 0.4) is 0 Å². The number of hydrogen-bond donors (Lipinski definition) is 1. The molecule has 0 fully saturated rings. The zero-order chi connectivity index (χ0) is 13.7. The van der Waals surface area contributed by atoms with E-state index in [0.717, 1.165) is 38.4 Å². The van der Waals surface area contributed by atoms with Crippen LogP contribution in [0.25, 0.3) is 0 Å². The SMILES string of the molecule is CC1=CCCN(c2ccc(CNCC(C)C)cn2)C1. The molecule has 104 valence electrons. The molecule has 1 aromatic heterocycles. The van der Waals surface area contributed by atoms with Crippen molar-refractivity contribution in [2.24, 2.45) is 5.92 Å². The first-order valence-corrected chi connectivity index (χ1v) is 7.21. The molecule has 0 aromatic carbocycles. The van der Waals surface area contributed by atoms with Crippen molar-refractivity contribution in [1.82, 2.24) is 10.3 Å². The average molecular weight is 259 g/mol. The molecule has 19 heavy (non-hydrogen) atoms. The van der Waals surface area contributed by atoms with E-state index in [2.05, 4.69) is 54.2 Å². The third kappa shape index (κ3) is 4.35. The van der Waals surface area contributed by atoms with Gasteiger partial charge in [0, 0.05) is 25.8 Å². The molecule has 2 rings (SSSR count). The molecule has 1 N–H and O–H groups in total. The van der Waals surface area contributed by atoms with Crippen LogP contribution in [-0.2, 0) is 6.54 Å². The maximum Gasteiger partial charge on any atom is 0.128 e. The third-order valence-electron chi connectivity index (χ3n) is 3.35. The Balaban J connectivity index is 1.89. The summed E-state index contributed by atoms with van der Waals surface area (Å²) in [7, 11) is 0. The maximum atomic E-state index is 4.59. The Morgan fingerprint density at radius 1 is 1.37 bits per heavy atom. The van der Waals surface area contributed by atoms with Gasteiger partial charge in [0.1, 0.15) is 5.82 Å². The van der Waals surface area contributed by atoms with Gasteiger partial charge in [0.05, 0.1) is 0 Å². The highest BCUT2D eigenvalue weighted by atomic mass is 15.2. The van der Waals surface area contributed by atoms with E-state index in [0.29, 0.717) is 5.92 Å². The van der Waals surface area contributed by atoms with Crippen LogP contribution in [0.2, 0.25) is 0 Å². The Kier molecular flexibility index (Phi) is 4.97. The van der Waals surface area contributed by atoms with E-state index in [4.69, 9.17) is 0 Å². The molecule has 0 bridgehead atoms. The highest BCUT2D eigenvalue weighted by Crippen LogP contribution is 2.17. The summed E-state index contributed by atoms with van der Waals surface area (Å²) in [5.74, 6) is 1.79. The van der Waals surface area contributed by atoms with E-state index in [-0.39, 0.29) is 0 Å². The van der Waals surface area contributed by atoms with E-state index in [9.17, 15) is 0 Å². The number of pyridine rings is 1. The fraction of sp³-hybridized carbons (Fsp3) is 0.562. The van der Waals surface area contributed by atoms with Crippen LogP contribution in [-0.4, -0.2) is 24.6 Å². The Morgan fingerprint density at radius 3 is 2.84 bits per heavy atom. The highest BCUT2D eigenvalue weighted by Gasteiger charge is 2.11. The first-order chi connectivity index (χ1) is 9.15. The standard InChI is InChI=1S/C16H25N3/c1-13(2)9-17-10-15-6-7-16(18-11-15)19-8-4-5-14(3)12-19/h5-7,11,13,17H,4,8-10,12H2,1-3H3. The Hall–Kier alpha value is -1.35. The van der Waals surface area contributed by atoms with Gasteiger partial charge in [-0.3, -0.25) is 0 Å². The molecule has 1 aromatic rings. The normalized spacial score (nSPS) is 15.8. The maximum absolute atomic E-state index is 4.59. The molecule has 0 amide bonds. The van der Waals surface area contributed by atoms with E-state index in [1.54, 1.807) is 0 Å². The lowest BCUT2D eigenvalue weighted by atomic mass is 10.1. The topological polar surface area (TPSA) is 28.2 Å². The monoisotopic (exact) mass is 259 g/mol. The summed E-state index contributed by atoms with van der Waals surface area (Å²) in [6, 6.07) is 4.33. The molecule has 1 aliphatic heterocycles. The average Bonchev–Trinajstić information content (AvgIpc) is 2.39. The number of rotatable bonds is 5. The molecule has 0 spiro atoms. The Bertz CT molecular complexity index is 420. The van der Waals surface area contributed by atoms with Crippen LogP contribution in [0.5, 0.6) is 0 Å². The molecular weight excluding hydrogens is 234 g/mol. The number of nitrogens with one attached hydrogen (secondary N) is 1. The van der Waals surface area contributed by atoms with E-state index < -0.39 is 0 Å². The summed E-state index contributed by atoms with van der Waals surface area (Å²) in [4.78, 5) is 6.94. The molecular formula is C16H25N3. The lowest BCUT2D eigenvalue weighted by Crippen LogP contribution is -2.29. The van der Waals surface area contributed by atoms with Gasteiger partial charge in [-0.25, -0.2) is 4.98 Å². The molecule has 3 heteroatoms. The van der Waals surface area contributed by atoms with Crippen molar-refractivity contribution < 1.29 is 0 Å². The Labute approximate surface area is 116 Å². The number of hydrogen-bond acceptors (Lipinski definition) is 3. The van der Waals surface area contributed by atoms with E-state index >= 15 is 0 Å². The molecule has 0 saturated heterocycles. The van der Waals surface area contributed by atoms with Gasteiger partial charge in [0.15, 0.2) is 0 Å². The lowest BCUT2D eigenvalue weighted by Gasteiger charge is -2.27. The minimum absolute atomic E-state index is 0.690. The lowest BCUT2D eigenvalue weighted by molar-refractivity contribution is 0.552. The fourth-order valence-electron chi connectivity index (χ4n) is 2.32. The first-order valence-electron chi connectivity index (χ1n) is 7.21. The van der Waals surface area contributed by atoms with Gasteiger partial charge in [-0.15, -0.1) is 0 Å². The van der Waals surface area contributed by atoms with Crippen molar-refractivity contribution in [3.8, 4) is 0 Å². The molecule has 3 nitrogen and oxygen atoms in total. The van der Waals surface area contributed by atoms with Crippen LogP contribution >= 0.6 is 0 Å². The van der Waals surface area contributed by atoms with Gasteiger partial charge in [0.2, 0.25) is 0 Å². The zero-order valence-electron chi connectivity index (χ0n) is 12.3. The predicted molar refractivity (Wildman–Crippen MR) is 81.4 cm³/mol. The summed E-state index contributed by atoms with van der Waals surface area (Å²) in [5.41, 5.74) is 2.70. The van der Waals surface area contributed by atoms with Crippen LogP contribution < -0.4 is 10.2 Å².